The van der Waals surface area contributed by atoms with Gasteiger partial charge in [0.15, 0.2) is 5.16 Å². The molecule has 6 heteroatoms. The first-order chi connectivity index (χ1) is 12.1. The highest BCUT2D eigenvalue weighted by Gasteiger charge is 2.17. The maximum absolute atomic E-state index is 12.8. The number of benzene rings is 2. The number of aromatic amines is 1. The van der Waals surface area contributed by atoms with Crippen LogP contribution >= 0.6 is 23.4 Å². The predicted molar refractivity (Wildman–Crippen MR) is 102 cm³/mol. The van der Waals surface area contributed by atoms with Crippen molar-refractivity contribution >= 4 is 34.3 Å². The van der Waals surface area contributed by atoms with Crippen molar-refractivity contribution in [1.82, 2.24) is 14.5 Å². The fourth-order valence-corrected chi connectivity index (χ4v) is 3.93. The largest absolute Gasteiger partial charge is 0.329 e. The summed E-state index contributed by atoms with van der Waals surface area (Å²) in [6.45, 7) is 0. The molecule has 0 fully saturated rings. The van der Waals surface area contributed by atoms with Gasteiger partial charge in [0.1, 0.15) is 0 Å². The van der Waals surface area contributed by atoms with Crippen LogP contribution in [0.3, 0.4) is 0 Å². The number of imidazole rings is 1. The van der Waals surface area contributed by atoms with E-state index in [0.717, 1.165) is 27.2 Å². The van der Waals surface area contributed by atoms with E-state index in [4.69, 9.17) is 11.6 Å². The van der Waals surface area contributed by atoms with Crippen molar-refractivity contribution in [3.8, 4) is 11.1 Å². The Bertz CT molecular complexity index is 1120. The summed E-state index contributed by atoms with van der Waals surface area (Å²) >= 11 is 7.47. The number of nitrogens with one attached hydrogen (secondary N) is 1. The molecule has 0 bridgehead atoms. The molecule has 4 rings (SSSR count). The zero-order chi connectivity index (χ0) is 17.4. The van der Waals surface area contributed by atoms with Gasteiger partial charge >= 0.3 is 0 Å². The lowest BCUT2D eigenvalue weighted by molar-refractivity contribution is 0.790. The van der Waals surface area contributed by atoms with Crippen molar-refractivity contribution in [2.45, 2.75) is 10.1 Å². The molecule has 4 aromatic rings. The average molecular weight is 368 g/mol. The molecule has 2 aromatic heterocycles. The third kappa shape index (κ3) is 2.97. The van der Waals surface area contributed by atoms with Gasteiger partial charge in [0.25, 0.3) is 5.56 Å². The minimum atomic E-state index is -0.151. The molecule has 0 radical (unpaired) electrons. The molecule has 0 aliphatic carbocycles. The van der Waals surface area contributed by atoms with Gasteiger partial charge in [0.05, 0.1) is 10.4 Å². The second-order valence-corrected chi connectivity index (χ2v) is 7.05. The number of H-pyrrole nitrogens is 1. The standard InChI is InChI=1S/C19H14ClN3OS/c1-23-10-9-21-19(23)25-17-16(12-5-3-2-4-6-12)14-8-7-13(20)11-15(14)22-18(17)24/h2-11H,1H3,(H,22,24). The van der Waals surface area contributed by atoms with Gasteiger partial charge in [-0.25, -0.2) is 4.98 Å². The van der Waals surface area contributed by atoms with E-state index in [1.807, 2.05) is 60.3 Å². The molecular formula is C19H14ClN3OS. The Morgan fingerprint density at radius 3 is 2.68 bits per heavy atom. The zero-order valence-corrected chi connectivity index (χ0v) is 14.9. The SMILES string of the molecule is Cn1ccnc1Sc1c(-c2ccccc2)c2ccc(Cl)cc2[nH]c1=O. The molecule has 0 saturated carbocycles. The summed E-state index contributed by atoms with van der Waals surface area (Å²) in [6, 6.07) is 15.5. The molecule has 25 heavy (non-hydrogen) atoms. The van der Waals surface area contributed by atoms with Crippen molar-refractivity contribution in [1.29, 1.82) is 0 Å². The molecule has 0 amide bonds. The van der Waals surface area contributed by atoms with E-state index in [2.05, 4.69) is 9.97 Å². The maximum Gasteiger partial charge on any atom is 0.263 e. The molecule has 2 aromatic carbocycles. The quantitative estimate of drug-likeness (QED) is 0.569. The number of rotatable bonds is 3. The summed E-state index contributed by atoms with van der Waals surface area (Å²) in [4.78, 5) is 20.7. The normalized spacial score (nSPS) is 11.1. The Morgan fingerprint density at radius 2 is 1.96 bits per heavy atom. The third-order valence-corrected chi connectivity index (χ3v) is 5.37. The van der Waals surface area contributed by atoms with Crippen molar-refractivity contribution in [3.05, 3.63) is 76.3 Å². The van der Waals surface area contributed by atoms with Crippen LogP contribution in [0.1, 0.15) is 0 Å². The van der Waals surface area contributed by atoms with Crippen LogP contribution in [0.15, 0.2) is 75.8 Å². The number of pyridine rings is 1. The molecule has 0 saturated heterocycles. The molecule has 0 unspecified atom stereocenters. The zero-order valence-electron chi connectivity index (χ0n) is 13.4. The van der Waals surface area contributed by atoms with Gasteiger partial charge < -0.3 is 9.55 Å². The number of hydrogen-bond acceptors (Lipinski definition) is 3. The number of aryl methyl sites for hydroxylation is 1. The van der Waals surface area contributed by atoms with Gasteiger partial charge in [0.2, 0.25) is 0 Å². The van der Waals surface area contributed by atoms with Gasteiger partial charge in [-0.05, 0) is 29.5 Å². The summed E-state index contributed by atoms with van der Waals surface area (Å²) in [6.07, 6.45) is 3.58. The lowest BCUT2D eigenvalue weighted by Gasteiger charge is -2.12. The second kappa shape index (κ2) is 6.43. The monoisotopic (exact) mass is 367 g/mol. The predicted octanol–water partition coefficient (Wildman–Crippen LogP) is 4.73. The minimum Gasteiger partial charge on any atom is -0.329 e. The van der Waals surface area contributed by atoms with E-state index in [9.17, 15) is 4.79 Å². The third-order valence-electron chi connectivity index (χ3n) is 3.97. The van der Waals surface area contributed by atoms with E-state index in [1.165, 1.54) is 11.8 Å². The van der Waals surface area contributed by atoms with Crippen LogP contribution in [0.25, 0.3) is 22.0 Å². The highest BCUT2D eigenvalue weighted by Crippen LogP contribution is 2.37. The molecule has 0 aliphatic rings. The Morgan fingerprint density at radius 1 is 1.16 bits per heavy atom. The molecule has 2 heterocycles. The molecule has 0 aliphatic heterocycles. The van der Waals surface area contributed by atoms with Crippen LogP contribution in [0.2, 0.25) is 5.02 Å². The van der Waals surface area contributed by atoms with Gasteiger partial charge in [-0.3, -0.25) is 4.79 Å². The van der Waals surface area contributed by atoms with E-state index in [1.54, 1.807) is 12.3 Å². The number of fused-ring (bicyclic) bond motifs is 1. The van der Waals surface area contributed by atoms with E-state index >= 15 is 0 Å². The molecular weight excluding hydrogens is 354 g/mol. The number of nitrogens with zero attached hydrogens (tertiary/aromatic N) is 2. The fraction of sp³-hybridized carbons (Fsp3) is 0.0526. The second-order valence-electron chi connectivity index (χ2n) is 5.64. The van der Waals surface area contributed by atoms with Gasteiger partial charge in [-0.15, -0.1) is 0 Å². The van der Waals surface area contributed by atoms with Crippen molar-refractivity contribution in [3.63, 3.8) is 0 Å². The molecule has 0 spiro atoms. The van der Waals surface area contributed by atoms with Crippen LogP contribution in [-0.2, 0) is 7.05 Å². The van der Waals surface area contributed by atoms with Crippen LogP contribution in [-0.4, -0.2) is 14.5 Å². The Balaban J connectivity index is 2.04. The Hall–Kier alpha value is -2.50. The van der Waals surface area contributed by atoms with Crippen LogP contribution in [0.4, 0.5) is 0 Å². The molecule has 124 valence electrons. The van der Waals surface area contributed by atoms with Crippen molar-refractivity contribution < 1.29 is 0 Å². The average Bonchev–Trinajstić information content (AvgIpc) is 3.01. The summed E-state index contributed by atoms with van der Waals surface area (Å²) < 4.78 is 1.89. The number of halogens is 1. The van der Waals surface area contributed by atoms with Crippen molar-refractivity contribution in [2.24, 2.45) is 7.05 Å². The number of hydrogen-bond donors (Lipinski definition) is 1. The van der Waals surface area contributed by atoms with Crippen LogP contribution < -0.4 is 5.56 Å². The number of aromatic nitrogens is 3. The van der Waals surface area contributed by atoms with E-state index < -0.39 is 0 Å². The Labute approximate surface area is 153 Å². The van der Waals surface area contributed by atoms with Crippen LogP contribution in [0, 0.1) is 0 Å². The van der Waals surface area contributed by atoms with Gasteiger partial charge in [0, 0.05) is 35.4 Å². The molecule has 4 nitrogen and oxygen atoms in total. The van der Waals surface area contributed by atoms with Gasteiger partial charge in [-0.2, -0.15) is 0 Å². The highest BCUT2D eigenvalue weighted by molar-refractivity contribution is 7.99. The Kier molecular flexibility index (Phi) is 4.11. The van der Waals surface area contributed by atoms with Gasteiger partial charge in [-0.1, -0.05) is 48.0 Å². The van der Waals surface area contributed by atoms with E-state index in [0.29, 0.717) is 9.92 Å². The molecule has 1 N–H and O–H groups in total. The van der Waals surface area contributed by atoms with E-state index in [-0.39, 0.29) is 5.56 Å². The first kappa shape index (κ1) is 16.0. The summed E-state index contributed by atoms with van der Waals surface area (Å²) in [5, 5.41) is 2.30. The summed E-state index contributed by atoms with van der Waals surface area (Å²) in [7, 11) is 1.91. The smallest absolute Gasteiger partial charge is 0.263 e. The fourth-order valence-electron chi connectivity index (χ4n) is 2.78. The minimum absolute atomic E-state index is 0.151. The molecule has 0 atom stereocenters. The first-order valence-electron chi connectivity index (χ1n) is 7.69. The lowest BCUT2D eigenvalue weighted by atomic mass is 10.0. The maximum atomic E-state index is 12.8. The highest BCUT2D eigenvalue weighted by atomic mass is 35.5. The summed E-state index contributed by atoms with van der Waals surface area (Å²) in [5.41, 5.74) is 2.45. The van der Waals surface area contributed by atoms with Crippen molar-refractivity contribution in [2.75, 3.05) is 0 Å². The van der Waals surface area contributed by atoms with Crippen LogP contribution in [0.5, 0.6) is 0 Å². The summed E-state index contributed by atoms with van der Waals surface area (Å²) in [5.74, 6) is 0. The lowest BCUT2D eigenvalue weighted by Crippen LogP contribution is -2.11. The first-order valence-corrected chi connectivity index (χ1v) is 8.89. The topological polar surface area (TPSA) is 50.7 Å².